The fourth-order valence-corrected chi connectivity index (χ4v) is 3.00. The van der Waals surface area contributed by atoms with Gasteiger partial charge >= 0.3 is 0 Å². The summed E-state index contributed by atoms with van der Waals surface area (Å²) in [7, 11) is 0. The fraction of sp³-hybridized carbons (Fsp3) is 0.412. The Labute approximate surface area is 169 Å². The van der Waals surface area contributed by atoms with Crippen molar-refractivity contribution in [2.24, 2.45) is 5.41 Å². The third-order valence-electron chi connectivity index (χ3n) is 4.33. The second kappa shape index (κ2) is 10.4. The molecule has 3 rings (SSSR count). The van der Waals surface area contributed by atoms with Crippen molar-refractivity contribution < 1.29 is 19.7 Å². The van der Waals surface area contributed by atoms with Crippen molar-refractivity contribution in [2.75, 3.05) is 13.2 Å². The average molecular weight is 417 g/mol. The van der Waals surface area contributed by atoms with Crippen LogP contribution in [0, 0.1) is 5.41 Å². The predicted molar refractivity (Wildman–Crippen MR) is 102 cm³/mol. The van der Waals surface area contributed by atoms with Crippen LogP contribution in [0.25, 0.3) is 0 Å². The van der Waals surface area contributed by atoms with Gasteiger partial charge in [0, 0.05) is 30.6 Å². The number of halogens is 2. The number of aliphatic hydroxyl groups excluding tert-OH is 2. The van der Waals surface area contributed by atoms with Gasteiger partial charge in [0.05, 0.1) is 31.2 Å². The summed E-state index contributed by atoms with van der Waals surface area (Å²) in [5.74, 6) is 0.239. The summed E-state index contributed by atoms with van der Waals surface area (Å²) < 4.78 is 5.76. The number of aromatic nitrogens is 3. The number of aliphatic hydroxyl groups is 2. The first kappa shape index (κ1) is 23.0. The number of nitrogens with zero attached hydrogens (tertiary/aromatic N) is 3. The quantitative estimate of drug-likeness (QED) is 0.643. The van der Waals surface area contributed by atoms with E-state index in [1.807, 2.05) is 0 Å². The number of hydrogen-bond donors (Lipinski definition) is 3. The largest absolute Gasteiger partial charge is 0.491 e. The first-order valence-corrected chi connectivity index (χ1v) is 8.01. The Balaban J connectivity index is 0.00000182. The maximum atomic E-state index is 12.2. The first-order chi connectivity index (χ1) is 12.1. The summed E-state index contributed by atoms with van der Waals surface area (Å²) in [6.45, 7) is 0.490. The van der Waals surface area contributed by atoms with E-state index in [9.17, 15) is 15.0 Å². The van der Waals surface area contributed by atoms with E-state index in [1.165, 1.54) is 18.6 Å². The molecule has 0 saturated heterocycles. The highest BCUT2D eigenvalue weighted by atomic mass is 35.5. The lowest BCUT2D eigenvalue weighted by Crippen LogP contribution is -2.40. The van der Waals surface area contributed by atoms with E-state index >= 15 is 0 Å². The number of hydrogen-bond acceptors (Lipinski definition) is 7. The van der Waals surface area contributed by atoms with Gasteiger partial charge in [-0.3, -0.25) is 14.8 Å². The number of pyridine rings is 1. The van der Waals surface area contributed by atoms with E-state index in [0.29, 0.717) is 18.6 Å². The van der Waals surface area contributed by atoms with Crippen LogP contribution in [0.2, 0.25) is 0 Å². The highest BCUT2D eigenvalue weighted by Gasteiger charge is 2.45. The molecule has 3 atom stereocenters. The Bertz CT molecular complexity index is 699. The molecule has 0 aliphatic heterocycles. The molecule has 148 valence electrons. The zero-order chi connectivity index (χ0) is 17.7. The fourth-order valence-electron chi connectivity index (χ4n) is 3.00. The number of amides is 1. The molecule has 10 heteroatoms. The molecule has 0 bridgehead atoms. The van der Waals surface area contributed by atoms with Gasteiger partial charge in [0.1, 0.15) is 11.4 Å². The third kappa shape index (κ3) is 6.00. The molecule has 1 fully saturated rings. The first-order valence-electron chi connectivity index (χ1n) is 8.01. The van der Waals surface area contributed by atoms with Gasteiger partial charge in [0.15, 0.2) is 0 Å². The van der Waals surface area contributed by atoms with Crippen LogP contribution < -0.4 is 10.1 Å². The molecule has 1 saturated carbocycles. The molecular formula is C17H22Cl2N4O4. The molecule has 1 unspecified atom stereocenters. The van der Waals surface area contributed by atoms with Crippen molar-refractivity contribution in [3.05, 3.63) is 48.8 Å². The van der Waals surface area contributed by atoms with E-state index < -0.39 is 17.6 Å². The van der Waals surface area contributed by atoms with Gasteiger partial charge in [-0.1, -0.05) is 0 Å². The minimum Gasteiger partial charge on any atom is -0.491 e. The minimum atomic E-state index is -0.842. The Morgan fingerprint density at radius 1 is 1.15 bits per heavy atom. The normalized spacial score (nSPS) is 23.6. The zero-order valence-electron chi connectivity index (χ0n) is 14.4. The number of carbonyl (C=O) groups excluding carboxylic acids is 1. The topological polar surface area (TPSA) is 117 Å². The van der Waals surface area contributed by atoms with E-state index in [4.69, 9.17) is 4.74 Å². The monoisotopic (exact) mass is 416 g/mol. The highest BCUT2D eigenvalue weighted by molar-refractivity contribution is 5.91. The number of rotatable bonds is 6. The predicted octanol–water partition coefficient (Wildman–Crippen LogP) is 1.03. The van der Waals surface area contributed by atoms with Crippen LogP contribution in [0.1, 0.15) is 23.3 Å². The van der Waals surface area contributed by atoms with Crippen molar-refractivity contribution in [2.45, 2.75) is 25.0 Å². The van der Waals surface area contributed by atoms with Crippen LogP contribution in [-0.2, 0) is 0 Å². The summed E-state index contributed by atoms with van der Waals surface area (Å²) in [5, 5.41) is 22.7. The van der Waals surface area contributed by atoms with Crippen LogP contribution in [0.15, 0.2) is 43.1 Å². The summed E-state index contributed by atoms with van der Waals surface area (Å²) in [4.78, 5) is 24.0. The summed E-state index contributed by atoms with van der Waals surface area (Å²) >= 11 is 0. The lowest BCUT2D eigenvalue weighted by atomic mass is 9.86. The smallest absolute Gasteiger partial charge is 0.271 e. The Hall–Kier alpha value is -2.00. The number of ether oxygens (including phenoxy) is 1. The molecule has 2 aromatic rings. The van der Waals surface area contributed by atoms with Crippen LogP contribution in [0.5, 0.6) is 5.75 Å². The standard InChI is InChI=1S/C17H20N4O4.2ClH/c22-14-6-17(7-15(14)23,11-25-12-2-1-3-18-8-12)10-21-16(24)13-9-19-4-5-20-13;;/h1-5,8-9,14-15,22-23H,6-7,10-11H2,(H,21,24);2*1H/t14-,15+,17?;;. The van der Waals surface area contributed by atoms with Gasteiger partial charge in [0.25, 0.3) is 5.91 Å². The maximum absolute atomic E-state index is 12.2. The van der Waals surface area contributed by atoms with Gasteiger partial charge < -0.3 is 20.3 Å². The lowest BCUT2D eigenvalue weighted by molar-refractivity contribution is 0.0438. The molecule has 2 aromatic heterocycles. The molecule has 0 aromatic carbocycles. The van der Waals surface area contributed by atoms with Crippen LogP contribution >= 0.6 is 24.8 Å². The molecule has 1 amide bonds. The summed E-state index contributed by atoms with van der Waals surface area (Å²) in [6, 6.07) is 3.54. The Kier molecular flexibility index (Phi) is 8.84. The van der Waals surface area contributed by atoms with Gasteiger partial charge in [-0.05, 0) is 25.0 Å². The SMILES string of the molecule is Cl.Cl.O=C(NCC1(COc2cccnc2)C[C@@H](O)[C@@H](O)C1)c1cnccn1. The molecule has 1 aliphatic rings. The number of nitrogens with one attached hydrogen (secondary N) is 1. The van der Waals surface area contributed by atoms with E-state index in [1.54, 1.807) is 24.5 Å². The summed E-state index contributed by atoms with van der Waals surface area (Å²) in [6.07, 6.45) is 6.53. The molecule has 1 aliphatic carbocycles. The molecule has 8 nitrogen and oxygen atoms in total. The van der Waals surface area contributed by atoms with Crippen LogP contribution in [0.3, 0.4) is 0 Å². The van der Waals surface area contributed by atoms with Crippen LogP contribution in [-0.4, -0.2) is 56.4 Å². The van der Waals surface area contributed by atoms with Gasteiger partial charge in [-0.2, -0.15) is 0 Å². The second-order valence-corrected chi connectivity index (χ2v) is 6.29. The van der Waals surface area contributed by atoms with Gasteiger partial charge in [0.2, 0.25) is 0 Å². The van der Waals surface area contributed by atoms with Crippen molar-refractivity contribution in [3.8, 4) is 5.75 Å². The maximum Gasteiger partial charge on any atom is 0.271 e. The average Bonchev–Trinajstić information content (AvgIpc) is 2.94. The minimum absolute atomic E-state index is 0. The van der Waals surface area contributed by atoms with Crippen molar-refractivity contribution in [1.82, 2.24) is 20.3 Å². The van der Waals surface area contributed by atoms with Crippen molar-refractivity contribution in [1.29, 1.82) is 0 Å². The molecule has 0 radical (unpaired) electrons. The molecule has 2 heterocycles. The third-order valence-corrected chi connectivity index (χ3v) is 4.33. The van der Waals surface area contributed by atoms with E-state index in [-0.39, 0.29) is 49.6 Å². The molecule has 27 heavy (non-hydrogen) atoms. The second-order valence-electron chi connectivity index (χ2n) is 6.29. The lowest BCUT2D eigenvalue weighted by Gasteiger charge is -2.29. The van der Waals surface area contributed by atoms with Crippen molar-refractivity contribution >= 4 is 30.7 Å². The highest BCUT2D eigenvalue weighted by Crippen LogP contribution is 2.38. The molecule has 3 N–H and O–H groups in total. The van der Waals surface area contributed by atoms with Gasteiger partial charge in [-0.25, -0.2) is 4.98 Å². The molecule has 0 spiro atoms. The Morgan fingerprint density at radius 2 is 1.85 bits per heavy atom. The molecular weight excluding hydrogens is 395 g/mol. The van der Waals surface area contributed by atoms with E-state index in [2.05, 4.69) is 20.3 Å². The summed E-state index contributed by atoms with van der Waals surface area (Å²) in [5.41, 5.74) is -0.364. The number of carbonyl (C=O) groups is 1. The Morgan fingerprint density at radius 3 is 2.44 bits per heavy atom. The van der Waals surface area contributed by atoms with Crippen molar-refractivity contribution in [3.63, 3.8) is 0 Å². The van der Waals surface area contributed by atoms with E-state index in [0.717, 1.165) is 0 Å². The van der Waals surface area contributed by atoms with Crippen LogP contribution in [0.4, 0.5) is 0 Å². The zero-order valence-corrected chi connectivity index (χ0v) is 16.0. The van der Waals surface area contributed by atoms with Gasteiger partial charge in [-0.15, -0.1) is 24.8 Å².